The zero-order valence-electron chi connectivity index (χ0n) is 6.17. The summed E-state index contributed by atoms with van der Waals surface area (Å²) in [6.45, 7) is 0. The van der Waals surface area contributed by atoms with Crippen LogP contribution in [0.3, 0.4) is 0 Å². The molecule has 1 aliphatic carbocycles. The summed E-state index contributed by atoms with van der Waals surface area (Å²) < 4.78 is 38.0. The third-order valence-corrected chi connectivity index (χ3v) is 1.67. The van der Waals surface area contributed by atoms with Crippen molar-refractivity contribution in [3.8, 4) is 0 Å². The first-order valence-corrected chi connectivity index (χ1v) is 3.24. The molecule has 3 nitrogen and oxygen atoms in total. The second-order valence-electron chi connectivity index (χ2n) is 2.50. The number of carbonyl (C=O) groups is 1. The minimum atomic E-state index is -3.29. The van der Waals surface area contributed by atoms with Crippen molar-refractivity contribution >= 4 is 5.97 Å². The van der Waals surface area contributed by atoms with Crippen LogP contribution in [-0.2, 0) is 4.79 Å². The Labute approximate surface area is 70.8 Å². The van der Waals surface area contributed by atoms with Gasteiger partial charge in [-0.15, -0.1) is 0 Å². The molecule has 0 saturated carbocycles. The molecule has 0 aromatic heterocycles. The van der Waals surface area contributed by atoms with E-state index in [1.54, 1.807) is 0 Å². The van der Waals surface area contributed by atoms with Gasteiger partial charge in [0.1, 0.15) is 0 Å². The molecule has 0 fully saturated rings. The maximum Gasteiger partial charge on any atom is 0.348 e. The number of hydrogen-bond acceptors (Lipinski definition) is 2. The summed E-state index contributed by atoms with van der Waals surface area (Å²) in [7, 11) is 0. The van der Waals surface area contributed by atoms with Crippen LogP contribution in [0.25, 0.3) is 0 Å². The second kappa shape index (κ2) is 2.88. The Balaban J connectivity index is 3.12. The van der Waals surface area contributed by atoms with Crippen LogP contribution in [0.15, 0.2) is 23.8 Å². The number of alkyl halides is 1. The third kappa shape index (κ3) is 1.33. The monoisotopic (exact) mass is 194 g/mol. The lowest BCUT2D eigenvalue weighted by atomic mass is 9.93. The molecule has 13 heavy (non-hydrogen) atoms. The fraction of sp³-hybridized carbons (Fsp3) is 0.286. The number of rotatable bonds is 1. The van der Waals surface area contributed by atoms with Crippen LogP contribution < -0.4 is 0 Å². The van der Waals surface area contributed by atoms with E-state index in [-0.39, 0.29) is 6.08 Å². The summed E-state index contributed by atoms with van der Waals surface area (Å²) in [5, 5.41) is 17.0. The Kier molecular flexibility index (Phi) is 2.17. The van der Waals surface area contributed by atoms with E-state index in [0.717, 1.165) is 0 Å². The molecule has 0 amide bonds. The maximum atomic E-state index is 13.1. The van der Waals surface area contributed by atoms with Crippen molar-refractivity contribution in [3.63, 3.8) is 0 Å². The van der Waals surface area contributed by atoms with Crippen LogP contribution >= 0.6 is 0 Å². The molecule has 1 aliphatic rings. The van der Waals surface area contributed by atoms with Crippen LogP contribution in [0.2, 0.25) is 0 Å². The molecule has 0 aromatic carbocycles. The largest absolute Gasteiger partial charge is 0.479 e. The van der Waals surface area contributed by atoms with Gasteiger partial charge in [0.15, 0.2) is 17.8 Å². The quantitative estimate of drug-likeness (QED) is 0.650. The molecule has 1 rings (SSSR count). The van der Waals surface area contributed by atoms with Crippen LogP contribution in [0.1, 0.15) is 0 Å². The normalized spacial score (nSPS) is 33.7. The van der Waals surface area contributed by atoms with E-state index in [9.17, 15) is 18.0 Å². The number of hydrogen-bond donors (Lipinski definition) is 2. The molecule has 0 radical (unpaired) electrons. The average Bonchev–Trinajstić information content (AvgIpc) is 2.08. The Hall–Kier alpha value is -1.30. The maximum absolute atomic E-state index is 13.1. The molecule has 0 heterocycles. The van der Waals surface area contributed by atoms with Crippen molar-refractivity contribution in [3.05, 3.63) is 23.8 Å². The van der Waals surface area contributed by atoms with Crippen LogP contribution in [0.4, 0.5) is 13.2 Å². The Bertz CT molecular complexity index is 310. The predicted molar refractivity (Wildman–Crippen MR) is 35.9 cm³/mol. The van der Waals surface area contributed by atoms with Gasteiger partial charge in [-0.05, 0) is 12.2 Å². The van der Waals surface area contributed by atoms with Gasteiger partial charge in [0.25, 0.3) is 5.67 Å². The average molecular weight is 194 g/mol. The zero-order chi connectivity index (χ0) is 10.2. The van der Waals surface area contributed by atoms with Gasteiger partial charge in [0.05, 0.1) is 0 Å². The van der Waals surface area contributed by atoms with E-state index in [2.05, 4.69) is 0 Å². The molecule has 2 unspecified atom stereocenters. The van der Waals surface area contributed by atoms with Crippen molar-refractivity contribution in [2.75, 3.05) is 0 Å². The van der Waals surface area contributed by atoms with E-state index in [1.807, 2.05) is 0 Å². The predicted octanol–water partition coefficient (Wildman–Crippen LogP) is 0.861. The number of carboxylic acid groups (broad SMARTS) is 1. The van der Waals surface area contributed by atoms with Gasteiger partial charge in [-0.25, -0.2) is 18.0 Å². The van der Waals surface area contributed by atoms with Gasteiger partial charge < -0.3 is 10.2 Å². The Morgan fingerprint density at radius 3 is 2.54 bits per heavy atom. The highest BCUT2D eigenvalue weighted by atomic mass is 19.2. The molecule has 0 bridgehead atoms. The van der Waals surface area contributed by atoms with Crippen molar-refractivity contribution in [2.24, 2.45) is 0 Å². The third-order valence-electron chi connectivity index (χ3n) is 1.67. The van der Waals surface area contributed by atoms with Gasteiger partial charge in [-0.1, -0.05) is 0 Å². The highest BCUT2D eigenvalue weighted by Gasteiger charge is 2.49. The summed E-state index contributed by atoms with van der Waals surface area (Å²) in [6, 6.07) is 0. The van der Waals surface area contributed by atoms with Crippen molar-refractivity contribution < 1.29 is 28.2 Å². The minimum absolute atomic E-state index is 0.262. The highest BCUT2D eigenvalue weighted by Crippen LogP contribution is 2.32. The number of aliphatic hydroxyl groups excluding tert-OH is 1. The smallest absolute Gasteiger partial charge is 0.348 e. The number of aliphatic carboxylic acids is 1. The number of allylic oxidation sites excluding steroid dienone is 2. The summed E-state index contributed by atoms with van der Waals surface area (Å²) >= 11 is 0. The lowest BCUT2D eigenvalue weighted by molar-refractivity contribution is -0.153. The summed E-state index contributed by atoms with van der Waals surface area (Å²) in [5.41, 5.74) is -3.29. The van der Waals surface area contributed by atoms with Gasteiger partial charge in [-0.2, -0.15) is 0 Å². The van der Waals surface area contributed by atoms with Gasteiger partial charge in [-0.3, -0.25) is 0 Å². The first-order valence-electron chi connectivity index (χ1n) is 3.24. The SMILES string of the molecule is O=C(O)C1(F)C=CC(F)=C(F)C1O. The molecule has 2 N–H and O–H groups in total. The molecular formula is C7H5F3O3. The fourth-order valence-electron chi connectivity index (χ4n) is 0.868. The first kappa shape index (κ1) is 9.79. The van der Waals surface area contributed by atoms with Gasteiger partial charge >= 0.3 is 5.97 Å². The fourth-order valence-corrected chi connectivity index (χ4v) is 0.868. The van der Waals surface area contributed by atoms with Crippen molar-refractivity contribution in [2.45, 2.75) is 11.8 Å². The lowest BCUT2D eigenvalue weighted by Crippen LogP contribution is -2.45. The van der Waals surface area contributed by atoms with Crippen LogP contribution in [0.5, 0.6) is 0 Å². The molecule has 0 spiro atoms. The Morgan fingerprint density at radius 2 is 2.08 bits per heavy atom. The van der Waals surface area contributed by atoms with E-state index < -0.39 is 29.4 Å². The standard InChI is InChI=1S/C7H5F3O3/c8-3-1-2-7(10,6(12)13)5(11)4(3)9/h1-2,5,11H,(H,12,13). The number of aliphatic hydroxyl groups is 1. The van der Waals surface area contributed by atoms with E-state index in [1.165, 1.54) is 0 Å². The highest BCUT2D eigenvalue weighted by molar-refractivity contribution is 5.82. The summed E-state index contributed by atoms with van der Waals surface area (Å²) in [5.74, 6) is -5.35. The Morgan fingerprint density at radius 1 is 1.54 bits per heavy atom. The summed E-state index contributed by atoms with van der Waals surface area (Å²) in [6.07, 6.45) is -2.04. The van der Waals surface area contributed by atoms with E-state index in [4.69, 9.17) is 10.2 Å². The van der Waals surface area contributed by atoms with Gasteiger partial charge in [0.2, 0.25) is 0 Å². The molecule has 0 aromatic rings. The molecule has 2 atom stereocenters. The topological polar surface area (TPSA) is 57.5 Å². The molecule has 6 heteroatoms. The summed E-state index contributed by atoms with van der Waals surface area (Å²) in [4.78, 5) is 10.2. The second-order valence-corrected chi connectivity index (χ2v) is 2.50. The molecule has 0 saturated heterocycles. The van der Waals surface area contributed by atoms with Crippen LogP contribution in [0, 0.1) is 0 Å². The van der Waals surface area contributed by atoms with E-state index >= 15 is 0 Å². The molecule has 0 aliphatic heterocycles. The number of halogens is 3. The minimum Gasteiger partial charge on any atom is -0.479 e. The van der Waals surface area contributed by atoms with E-state index in [0.29, 0.717) is 6.08 Å². The first-order chi connectivity index (χ1) is 5.89. The van der Waals surface area contributed by atoms with Crippen molar-refractivity contribution in [1.82, 2.24) is 0 Å². The molecule has 72 valence electrons. The number of carboxylic acids is 1. The molecular weight excluding hydrogens is 189 g/mol. The van der Waals surface area contributed by atoms with Crippen LogP contribution in [-0.4, -0.2) is 28.0 Å². The van der Waals surface area contributed by atoms with Gasteiger partial charge in [0, 0.05) is 0 Å². The van der Waals surface area contributed by atoms with Crippen molar-refractivity contribution in [1.29, 1.82) is 0 Å². The lowest BCUT2D eigenvalue weighted by Gasteiger charge is -2.24. The zero-order valence-corrected chi connectivity index (χ0v) is 6.17.